The van der Waals surface area contributed by atoms with E-state index in [9.17, 15) is 19.8 Å². The van der Waals surface area contributed by atoms with Gasteiger partial charge < -0.3 is 20.3 Å². The Morgan fingerprint density at radius 2 is 0.687 bits per heavy atom. The zero-order valence-electron chi connectivity index (χ0n) is 45.4. The van der Waals surface area contributed by atoms with Gasteiger partial charge in [0.05, 0.1) is 25.4 Å². The van der Waals surface area contributed by atoms with Crippen molar-refractivity contribution < 1.29 is 24.5 Å². The lowest BCUT2D eigenvalue weighted by Gasteiger charge is -2.20. The van der Waals surface area contributed by atoms with E-state index in [2.05, 4.69) is 19.2 Å². The predicted molar refractivity (Wildman–Crippen MR) is 292 cm³/mol. The van der Waals surface area contributed by atoms with Gasteiger partial charge >= 0.3 is 5.97 Å². The number of carbonyl (C=O) groups excluding carboxylic acids is 2. The van der Waals surface area contributed by atoms with Crippen molar-refractivity contribution in [2.24, 2.45) is 0 Å². The van der Waals surface area contributed by atoms with Crippen LogP contribution in [0.4, 0.5) is 0 Å². The Hall–Kier alpha value is -1.40. The fourth-order valence-corrected chi connectivity index (χ4v) is 9.64. The van der Waals surface area contributed by atoms with Crippen LogP contribution < -0.4 is 5.32 Å². The number of aliphatic hydroxyl groups excluding tert-OH is 2. The molecule has 6 heteroatoms. The Balaban J connectivity index is 3.42. The summed E-state index contributed by atoms with van der Waals surface area (Å²) < 4.78 is 5.49. The Kier molecular flexibility index (Phi) is 56.0. The van der Waals surface area contributed by atoms with E-state index in [4.69, 9.17) is 4.74 Å². The van der Waals surface area contributed by atoms with Gasteiger partial charge in [0.2, 0.25) is 5.91 Å². The molecule has 0 aromatic rings. The van der Waals surface area contributed by atoms with Crippen molar-refractivity contribution in [2.45, 2.75) is 353 Å². The number of hydrogen-bond donors (Lipinski definition) is 3. The Bertz CT molecular complexity index is 1000. The summed E-state index contributed by atoms with van der Waals surface area (Å²) in [5, 5.41) is 23.1. The number of esters is 1. The number of carbonyl (C=O) groups is 2. The molecular weight excluding hydrogens is 827 g/mol. The van der Waals surface area contributed by atoms with E-state index in [1.807, 2.05) is 6.08 Å². The molecule has 398 valence electrons. The largest absolute Gasteiger partial charge is 0.466 e. The Labute approximate surface area is 419 Å². The van der Waals surface area contributed by atoms with Crippen LogP contribution in [0.3, 0.4) is 0 Å². The van der Waals surface area contributed by atoms with Crippen LogP contribution in [-0.4, -0.2) is 47.4 Å². The highest BCUT2D eigenvalue weighted by molar-refractivity contribution is 5.76. The molecule has 0 saturated heterocycles. The third-order valence-electron chi connectivity index (χ3n) is 14.3. The van der Waals surface area contributed by atoms with Crippen LogP contribution in [0.5, 0.6) is 0 Å². The Morgan fingerprint density at radius 3 is 1.01 bits per heavy atom. The topological polar surface area (TPSA) is 95.9 Å². The number of ether oxygens (including phenoxy) is 1. The molecule has 0 aliphatic carbocycles. The zero-order chi connectivity index (χ0) is 48.6. The molecule has 2 unspecified atom stereocenters. The van der Waals surface area contributed by atoms with Crippen LogP contribution in [0.2, 0.25) is 0 Å². The van der Waals surface area contributed by atoms with Gasteiger partial charge in [-0.1, -0.05) is 309 Å². The minimum absolute atomic E-state index is 0.00686. The van der Waals surface area contributed by atoms with Gasteiger partial charge in [-0.15, -0.1) is 0 Å². The standard InChI is InChI=1S/C61H119NO5/c1-3-5-7-9-11-13-15-17-19-21-25-29-33-37-41-45-49-53-59(64)58(57-63)62-60(65)54-50-46-42-38-34-30-26-23-24-28-32-36-40-44-48-52-56-67-61(66)55-51-47-43-39-35-31-27-22-20-18-16-14-12-10-8-6-4-2/h49,53,58-59,63-64H,3-48,50-52,54-57H2,1-2H3,(H,62,65)/b53-49+. The molecule has 0 aliphatic heterocycles. The van der Waals surface area contributed by atoms with Crippen LogP contribution in [-0.2, 0) is 14.3 Å². The van der Waals surface area contributed by atoms with E-state index in [0.29, 0.717) is 19.4 Å². The van der Waals surface area contributed by atoms with Crippen LogP contribution >= 0.6 is 0 Å². The lowest BCUT2D eigenvalue weighted by atomic mass is 10.0. The van der Waals surface area contributed by atoms with Gasteiger partial charge in [0, 0.05) is 12.8 Å². The fourth-order valence-electron chi connectivity index (χ4n) is 9.64. The molecule has 0 spiro atoms. The summed E-state index contributed by atoms with van der Waals surface area (Å²) in [6.07, 6.45) is 68.1. The van der Waals surface area contributed by atoms with Crippen molar-refractivity contribution in [1.82, 2.24) is 5.32 Å². The third-order valence-corrected chi connectivity index (χ3v) is 14.3. The molecule has 0 rings (SSSR count). The minimum Gasteiger partial charge on any atom is -0.466 e. The highest BCUT2D eigenvalue weighted by Gasteiger charge is 2.18. The maximum absolute atomic E-state index is 12.5. The van der Waals surface area contributed by atoms with Gasteiger partial charge in [-0.05, 0) is 32.1 Å². The molecule has 0 saturated carbocycles. The van der Waals surface area contributed by atoms with Crippen molar-refractivity contribution in [2.75, 3.05) is 13.2 Å². The van der Waals surface area contributed by atoms with Crippen LogP contribution in [0.1, 0.15) is 341 Å². The first-order valence-electron chi connectivity index (χ1n) is 30.5. The zero-order valence-corrected chi connectivity index (χ0v) is 45.4. The van der Waals surface area contributed by atoms with E-state index in [1.165, 1.54) is 270 Å². The summed E-state index contributed by atoms with van der Waals surface area (Å²) in [6, 6.07) is -0.632. The molecule has 0 fully saturated rings. The van der Waals surface area contributed by atoms with Crippen LogP contribution in [0, 0.1) is 0 Å². The average molecular weight is 947 g/mol. The van der Waals surface area contributed by atoms with Crippen LogP contribution in [0.15, 0.2) is 12.2 Å². The summed E-state index contributed by atoms with van der Waals surface area (Å²) in [6.45, 7) is 4.92. The second kappa shape index (κ2) is 57.2. The molecule has 0 radical (unpaired) electrons. The lowest BCUT2D eigenvalue weighted by molar-refractivity contribution is -0.143. The Morgan fingerprint density at radius 1 is 0.403 bits per heavy atom. The number of unbranched alkanes of at least 4 members (excludes halogenated alkanes) is 46. The van der Waals surface area contributed by atoms with Gasteiger partial charge in [0.15, 0.2) is 0 Å². The summed E-state index contributed by atoms with van der Waals surface area (Å²) in [5.41, 5.74) is 0. The monoisotopic (exact) mass is 946 g/mol. The van der Waals surface area contributed by atoms with Crippen molar-refractivity contribution in [3.63, 3.8) is 0 Å². The molecule has 0 aliphatic rings. The second-order valence-corrected chi connectivity index (χ2v) is 21.0. The fraction of sp³-hybridized carbons (Fsp3) is 0.934. The SMILES string of the molecule is CCCCCCCCCCCCCCCCC/C=C/C(O)C(CO)NC(=O)CCCCCCCCCCCCCCCCCCOC(=O)CCCCCCCCCCCCCCCCCCC. The van der Waals surface area contributed by atoms with Crippen molar-refractivity contribution in [3.8, 4) is 0 Å². The summed E-state index contributed by atoms with van der Waals surface area (Å²) >= 11 is 0. The number of aliphatic hydroxyl groups is 2. The highest BCUT2D eigenvalue weighted by Crippen LogP contribution is 2.18. The molecule has 6 nitrogen and oxygen atoms in total. The van der Waals surface area contributed by atoms with Gasteiger partial charge in [0.25, 0.3) is 0 Å². The van der Waals surface area contributed by atoms with E-state index >= 15 is 0 Å². The van der Waals surface area contributed by atoms with E-state index in [-0.39, 0.29) is 18.5 Å². The average Bonchev–Trinajstić information content (AvgIpc) is 3.33. The maximum atomic E-state index is 12.5. The molecule has 3 N–H and O–H groups in total. The summed E-state index contributed by atoms with van der Waals surface area (Å²) in [7, 11) is 0. The van der Waals surface area contributed by atoms with Crippen molar-refractivity contribution >= 4 is 11.9 Å². The quantitative estimate of drug-likeness (QED) is 0.0321. The van der Waals surface area contributed by atoms with Gasteiger partial charge in [-0.3, -0.25) is 9.59 Å². The number of amides is 1. The first-order chi connectivity index (χ1) is 33.0. The molecule has 67 heavy (non-hydrogen) atoms. The van der Waals surface area contributed by atoms with Crippen molar-refractivity contribution in [1.29, 1.82) is 0 Å². The number of hydrogen-bond acceptors (Lipinski definition) is 5. The third kappa shape index (κ3) is 53.8. The summed E-state index contributed by atoms with van der Waals surface area (Å²) in [4.78, 5) is 24.6. The van der Waals surface area contributed by atoms with E-state index < -0.39 is 12.1 Å². The van der Waals surface area contributed by atoms with Gasteiger partial charge in [-0.25, -0.2) is 0 Å². The first-order valence-corrected chi connectivity index (χ1v) is 30.5. The number of allylic oxidation sites excluding steroid dienone is 1. The number of nitrogens with one attached hydrogen (secondary N) is 1. The first kappa shape index (κ1) is 65.6. The molecule has 0 aromatic heterocycles. The summed E-state index contributed by atoms with van der Waals surface area (Å²) in [5.74, 6) is -0.0649. The predicted octanol–water partition coefficient (Wildman–Crippen LogP) is 18.9. The van der Waals surface area contributed by atoms with E-state index in [1.54, 1.807) is 6.08 Å². The molecule has 0 aromatic carbocycles. The number of rotatable bonds is 57. The molecular formula is C61H119NO5. The van der Waals surface area contributed by atoms with Gasteiger partial charge in [0.1, 0.15) is 0 Å². The second-order valence-electron chi connectivity index (χ2n) is 21.0. The van der Waals surface area contributed by atoms with E-state index in [0.717, 1.165) is 44.9 Å². The molecule has 2 atom stereocenters. The minimum atomic E-state index is -0.848. The normalized spacial score (nSPS) is 12.6. The van der Waals surface area contributed by atoms with Crippen LogP contribution in [0.25, 0.3) is 0 Å². The maximum Gasteiger partial charge on any atom is 0.305 e. The molecule has 0 heterocycles. The molecule has 1 amide bonds. The highest BCUT2D eigenvalue weighted by atomic mass is 16.5. The smallest absolute Gasteiger partial charge is 0.305 e. The van der Waals surface area contributed by atoms with Crippen molar-refractivity contribution in [3.05, 3.63) is 12.2 Å². The van der Waals surface area contributed by atoms with Gasteiger partial charge in [-0.2, -0.15) is 0 Å². The molecule has 0 bridgehead atoms. The lowest BCUT2D eigenvalue weighted by Crippen LogP contribution is -2.45.